The first-order valence-corrected chi connectivity index (χ1v) is 6.49. The Labute approximate surface area is 116 Å². The van der Waals surface area contributed by atoms with Crippen LogP contribution in [0.1, 0.15) is 11.1 Å². The largest absolute Gasteiger partial charge is 0.264 e. The van der Waals surface area contributed by atoms with Gasteiger partial charge >= 0.3 is 0 Å². The molecule has 3 heteroatoms. The lowest BCUT2D eigenvalue weighted by atomic mass is 10.0. The van der Waals surface area contributed by atoms with Crippen LogP contribution in [0, 0.1) is 5.95 Å². The molecule has 0 spiro atoms. The van der Waals surface area contributed by atoms with E-state index < -0.39 is 5.95 Å². The van der Waals surface area contributed by atoms with Crippen molar-refractivity contribution in [2.45, 2.75) is 6.42 Å². The minimum Gasteiger partial charge on any atom is -0.264 e. The Hall–Kier alpha value is -2.55. The van der Waals surface area contributed by atoms with Crippen molar-refractivity contribution in [3.8, 4) is 22.3 Å². The third-order valence-electron chi connectivity index (χ3n) is 3.75. The monoisotopic (exact) mass is 262 g/mol. The number of hydrogen-bond acceptors (Lipinski definition) is 2. The van der Waals surface area contributed by atoms with Gasteiger partial charge in [0, 0.05) is 30.2 Å². The molecular formula is C17H11FN2. The van der Waals surface area contributed by atoms with Crippen molar-refractivity contribution in [1.29, 1.82) is 0 Å². The molecule has 0 saturated carbocycles. The molecule has 2 heterocycles. The lowest BCUT2D eigenvalue weighted by Crippen LogP contribution is -1.86. The minimum atomic E-state index is -0.449. The summed E-state index contributed by atoms with van der Waals surface area (Å²) in [7, 11) is 0. The number of aromatic nitrogens is 2. The van der Waals surface area contributed by atoms with Gasteiger partial charge in [-0.2, -0.15) is 4.39 Å². The Kier molecular flexibility index (Phi) is 2.39. The van der Waals surface area contributed by atoms with Crippen LogP contribution in [0.2, 0.25) is 0 Å². The maximum atomic E-state index is 13.2. The number of hydrogen-bond donors (Lipinski definition) is 0. The number of rotatable bonds is 1. The predicted molar refractivity (Wildman–Crippen MR) is 75.7 cm³/mol. The maximum Gasteiger partial charge on any atom is 0.213 e. The van der Waals surface area contributed by atoms with Gasteiger partial charge in [0.15, 0.2) is 0 Å². The molecule has 0 fully saturated rings. The number of fused-ring (bicyclic) bond motifs is 3. The first-order valence-electron chi connectivity index (χ1n) is 6.49. The average Bonchev–Trinajstić information content (AvgIpc) is 2.85. The van der Waals surface area contributed by atoms with Crippen LogP contribution in [-0.2, 0) is 6.42 Å². The molecule has 2 nitrogen and oxygen atoms in total. The summed E-state index contributed by atoms with van der Waals surface area (Å²) in [6.07, 6.45) is 6.14. The Balaban J connectivity index is 1.83. The van der Waals surface area contributed by atoms with E-state index in [-0.39, 0.29) is 0 Å². The van der Waals surface area contributed by atoms with Crippen LogP contribution >= 0.6 is 0 Å². The second-order valence-electron chi connectivity index (χ2n) is 4.95. The summed E-state index contributed by atoms with van der Waals surface area (Å²) in [6.45, 7) is 0. The Morgan fingerprint density at radius 2 is 1.75 bits per heavy atom. The summed E-state index contributed by atoms with van der Waals surface area (Å²) >= 11 is 0. The Bertz CT molecular complexity index is 812. The van der Waals surface area contributed by atoms with Gasteiger partial charge < -0.3 is 0 Å². The molecule has 0 saturated heterocycles. The molecule has 2 aromatic heterocycles. The van der Waals surface area contributed by atoms with Crippen LogP contribution in [0.3, 0.4) is 0 Å². The van der Waals surface area contributed by atoms with E-state index in [0.29, 0.717) is 0 Å². The summed E-state index contributed by atoms with van der Waals surface area (Å²) < 4.78 is 13.2. The van der Waals surface area contributed by atoms with Crippen molar-refractivity contribution in [3.05, 3.63) is 72.1 Å². The molecule has 0 atom stereocenters. The molecule has 1 aliphatic rings. The summed E-state index contributed by atoms with van der Waals surface area (Å²) in [6, 6.07) is 11.6. The third-order valence-corrected chi connectivity index (χ3v) is 3.75. The number of pyridine rings is 2. The summed E-state index contributed by atoms with van der Waals surface area (Å²) in [4.78, 5) is 7.78. The summed E-state index contributed by atoms with van der Waals surface area (Å²) in [5, 5.41) is 0. The van der Waals surface area contributed by atoms with Crippen LogP contribution in [0.5, 0.6) is 0 Å². The molecule has 0 amide bonds. The second kappa shape index (κ2) is 4.23. The molecule has 0 unspecified atom stereocenters. The van der Waals surface area contributed by atoms with E-state index in [1.165, 1.54) is 34.5 Å². The fraction of sp³-hybridized carbons (Fsp3) is 0.0588. The molecule has 96 valence electrons. The molecule has 3 aromatic rings. The normalized spacial score (nSPS) is 12.1. The van der Waals surface area contributed by atoms with Gasteiger partial charge in [-0.25, -0.2) is 4.98 Å². The lowest BCUT2D eigenvalue weighted by Gasteiger charge is -2.05. The van der Waals surface area contributed by atoms with Gasteiger partial charge in [-0.15, -0.1) is 0 Å². The van der Waals surface area contributed by atoms with Gasteiger partial charge in [0.1, 0.15) is 0 Å². The molecule has 0 bridgehead atoms. The first kappa shape index (κ1) is 11.3. The van der Waals surface area contributed by atoms with Crippen molar-refractivity contribution in [2.24, 2.45) is 0 Å². The van der Waals surface area contributed by atoms with Crippen molar-refractivity contribution >= 4 is 0 Å². The van der Waals surface area contributed by atoms with Gasteiger partial charge in [-0.1, -0.05) is 18.2 Å². The van der Waals surface area contributed by atoms with Gasteiger partial charge in [0.05, 0.1) is 0 Å². The fourth-order valence-electron chi connectivity index (χ4n) is 2.79. The third kappa shape index (κ3) is 1.71. The molecule has 4 rings (SSSR count). The van der Waals surface area contributed by atoms with E-state index in [2.05, 4.69) is 28.2 Å². The van der Waals surface area contributed by atoms with Crippen LogP contribution < -0.4 is 0 Å². The van der Waals surface area contributed by atoms with Crippen molar-refractivity contribution < 1.29 is 4.39 Å². The fourth-order valence-corrected chi connectivity index (χ4v) is 2.79. The average molecular weight is 262 g/mol. The van der Waals surface area contributed by atoms with Crippen LogP contribution in [0.15, 0.2) is 55.0 Å². The molecule has 0 radical (unpaired) electrons. The standard InChI is InChI=1S/C17H11FN2/c18-17-9-12(4-6-20-17)11-1-2-15-14(7-11)8-13-3-5-19-10-16(13)15/h1-7,9-10H,8H2. The quantitative estimate of drug-likeness (QED) is 0.487. The maximum absolute atomic E-state index is 13.2. The SMILES string of the molecule is Fc1cc(-c2ccc3c(c2)Cc2ccncc2-3)ccn1. The summed E-state index contributed by atoms with van der Waals surface area (Å²) in [5.74, 6) is -0.449. The van der Waals surface area contributed by atoms with E-state index in [1.807, 2.05) is 24.5 Å². The highest BCUT2D eigenvalue weighted by Crippen LogP contribution is 2.37. The molecule has 0 N–H and O–H groups in total. The number of halogens is 1. The van der Waals surface area contributed by atoms with Gasteiger partial charge in [-0.3, -0.25) is 4.98 Å². The van der Waals surface area contributed by atoms with Gasteiger partial charge in [-0.05, 0) is 46.4 Å². The highest BCUT2D eigenvalue weighted by atomic mass is 19.1. The zero-order chi connectivity index (χ0) is 13.5. The molecule has 1 aliphatic carbocycles. The highest BCUT2D eigenvalue weighted by Gasteiger charge is 2.18. The van der Waals surface area contributed by atoms with Crippen molar-refractivity contribution in [3.63, 3.8) is 0 Å². The molecule has 1 aromatic carbocycles. The van der Waals surface area contributed by atoms with Crippen LogP contribution in [-0.4, -0.2) is 9.97 Å². The minimum absolute atomic E-state index is 0.449. The predicted octanol–water partition coefficient (Wildman–Crippen LogP) is 3.85. The van der Waals surface area contributed by atoms with Crippen molar-refractivity contribution in [1.82, 2.24) is 9.97 Å². The zero-order valence-corrected chi connectivity index (χ0v) is 10.7. The molecular weight excluding hydrogens is 251 g/mol. The zero-order valence-electron chi connectivity index (χ0n) is 10.7. The molecule has 0 aliphatic heterocycles. The number of nitrogens with zero attached hydrogens (tertiary/aromatic N) is 2. The van der Waals surface area contributed by atoms with Gasteiger partial charge in [0.2, 0.25) is 5.95 Å². The Morgan fingerprint density at radius 1 is 0.850 bits per heavy atom. The van der Waals surface area contributed by atoms with E-state index in [0.717, 1.165) is 17.5 Å². The lowest BCUT2D eigenvalue weighted by molar-refractivity contribution is 0.584. The topological polar surface area (TPSA) is 25.8 Å². The van der Waals surface area contributed by atoms with Crippen molar-refractivity contribution in [2.75, 3.05) is 0 Å². The van der Waals surface area contributed by atoms with Crippen LogP contribution in [0.4, 0.5) is 4.39 Å². The summed E-state index contributed by atoms with van der Waals surface area (Å²) in [5.41, 5.74) is 6.87. The van der Waals surface area contributed by atoms with Crippen LogP contribution in [0.25, 0.3) is 22.3 Å². The number of benzene rings is 1. The van der Waals surface area contributed by atoms with E-state index >= 15 is 0 Å². The Morgan fingerprint density at radius 3 is 2.65 bits per heavy atom. The van der Waals surface area contributed by atoms with E-state index in [9.17, 15) is 4.39 Å². The van der Waals surface area contributed by atoms with E-state index in [4.69, 9.17) is 0 Å². The van der Waals surface area contributed by atoms with Gasteiger partial charge in [0.25, 0.3) is 0 Å². The second-order valence-corrected chi connectivity index (χ2v) is 4.95. The molecule has 20 heavy (non-hydrogen) atoms. The first-order chi connectivity index (χ1) is 9.81. The van der Waals surface area contributed by atoms with E-state index in [1.54, 1.807) is 0 Å². The highest BCUT2D eigenvalue weighted by molar-refractivity contribution is 5.79. The smallest absolute Gasteiger partial charge is 0.213 e.